The van der Waals surface area contributed by atoms with Crippen molar-refractivity contribution >= 4 is 5.78 Å². The Kier molecular flexibility index (Phi) is 3.67. The summed E-state index contributed by atoms with van der Waals surface area (Å²) in [5.41, 5.74) is 2.76. The fraction of sp³-hybridized carbons (Fsp3) is 0.350. The first-order valence-electron chi connectivity index (χ1n) is 7.79. The molecule has 3 rings (SSSR count). The van der Waals surface area contributed by atoms with E-state index in [4.69, 9.17) is 0 Å². The lowest BCUT2D eigenvalue weighted by Crippen LogP contribution is -2.29. The summed E-state index contributed by atoms with van der Waals surface area (Å²) in [5.74, 6) is 0.868. The van der Waals surface area contributed by atoms with Gasteiger partial charge in [0, 0.05) is 5.56 Å². The zero-order valence-electron chi connectivity index (χ0n) is 12.8. The first-order chi connectivity index (χ1) is 10.1. The molecule has 0 radical (unpaired) electrons. The molecule has 1 aliphatic carbocycles. The molecule has 0 heterocycles. The number of rotatable bonds is 4. The highest BCUT2D eigenvalue weighted by molar-refractivity contribution is 6.03. The predicted octanol–water partition coefficient (Wildman–Crippen LogP) is 5.11. The minimum Gasteiger partial charge on any atom is -0.293 e. The van der Waals surface area contributed by atoms with Crippen molar-refractivity contribution < 1.29 is 4.79 Å². The Morgan fingerprint density at radius 1 is 1.00 bits per heavy atom. The van der Waals surface area contributed by atoms with Gasteiger partial charge in [0.25, 0.3) is 0 Å². The standard InChI is InChI=1S/C20H22O/c1-20(2,18-12-4-3-5-13-18)19(21)17-11-7-10-16(14-17)15-8-6-9-15/h3-5,7,10-15H,6,8-9H2,1-2H3. The van der Waals surface area contributed by atoms with Crippen molar-refractivity contribution in [3.63, 3.8) is 0 Å². The van der Waals surface area contributed by atoms with Crippen LogP contribution in [0.4, 0.5) is 0 Å². The van der Waals surface area contributed by atoms with Gasteiger partial charge < -0.3 is 0 Å². The maximum Gasteiger partial charge on any atom is 0.172 e. The van der Waals surface area contributed by atoms with Gasteiger partial charge in [0.1, 0.15) is 0 Å². The van der Waals surface area contributed by atoms with Gasteiger partial charge in [0.15, 0.2) is 5.78 Å². The molecule has 21 heavy (non-hydrogen) atoms. The van der Waals surface area contributed by atoms with Crippen molar-refractivity contribution in [3.8, 4) is 0 Å². The van der Waals surface area contributed by atoms with E-state index in [-0.39, 0.29) is 5.78 Å². The molecule has 0 aromatic heterocycles. The molecule has 0 unspecified atom stereocenters. The van der Waals surface area contributed by atoms with Crippen molar-refractivity contribution in [2.24, 2.45) is 0 Å². The number of ketones is 1. The smallest absolute Gasteiger partial charge is 0.172 e. The number of Topliss-reactive ketones (excluding diaryl/α,β-unsaturated/α-hetero) is 1. The molecule has 0 saturated heterocycles. The van der Waals surface area contributed by atoms with Crippen LogP contribution in [0.1, 0.15) is 60.5 Å². The minimum atomic E-state index is -0.487. The van der Waals surface area contributed by atoms with Crippen LogP contribution < -0.4 is 0 Å². The van der Waals surface area contributed by atoms with Crippen LogP contribution in [0.2, 0.25) is 0 Å². The van der Waals surface area contributed by atoms with Crippen LogP contribution in [0.5, 0.6) is 0 Å². The van der Waals surface area contributed by atoms with Crippen molar-refractivity contribution in [2.45, 2.75) is 44.4 Å². The van der Waals surface area contributed by atoms with Crippen molar-refractivity contribution in [3.05, 3.63) is 71.3 Å². The van der Waals surface area contributed by atoms with Gasteiger partial charge in [-0.05, 0) is 49.8 Å². The summed E-state index contributed by atoms with van der Waals surface area (Å²) in [6.45, 7) is 4.03. The quantitative estimate of drug-likeness (QED) is 0.710. The lowest BCUT2D eigenvalue weighted by molar-refractivity contribution is 0.0908. The highest BCUT2D eigenvalue weighted by atomic mass is 16.1. The van der Waals surface area contributed by atoms with Crippen molar-refractivity contribution in [2.75, 3.05) is 0 Å². The highest BCUT2D eigenvalue weighted by Gasteiger charge is 2.31. The predicted molar refractivity (Wildman–Crippen MR) is 86.8 cm³/mol. The van der Waals surface area contributed by atoms with E-state index in [1.165, 1.54) is 24.8 Å². The Labute approximate surface area is 127 Å². The zero-order chi connectivity index (χ0) is 14.9. The molecule has 0 bridgehead atoms. The molecular formula is C20H22O. The number of hydrogen-bond donors (Lipinski definition) is 0. The van der Waals surface area contributed by atoms with E-state index in [0.717, 1.165) is 11.1 Å². The monoisotopic (exact) mass is 278 g/mol. The Bertz CT molecular complexity index is 636. The van der Waals surface area contributed by atoms with Gasteiger partial charge in [-0.1, -0.05) is 55.0 Å². The van der Waals surface area contributed by atoms with Gasteiger partial charge in [-0.15, -0.1) is 0 Å². The second-order valence-electron chi connectivity index (χ2n) is 6.57. The second-order valence-corrected chi connectivity index (χ2v) is 6.57. The van der Waals surface area contributed by atoms with Gasteiger partial charge in [-0.2, -0.15) is 0 Å². The largest absolute Gasteiger partial charge is 0.293 e. The van der Waals surface area contributed by atoms with Gasteiger partial charge in [0.2, 0.25) is 0 Å². The van der Waals surface area contributed by atoms with E-state index in [9.17, 15) is 4.79 Å². The van der Waals surface area contributed by atoms with Crippen molar-refractivity contribution in [1.29, 1.82) is 0 Å². The first-order valence-corrected chi connectivity index (χ1v) is 7.79. The molecule has 0 spiro atoms. The van der Waals surface area contributed by atoms with Crippen LogP contribution in [0.3, 0.4) is 0 Å². The summed E-state index contributed by atoms with van der Waals surface area (Å²) in [5, 5.41) is 0. The molecular weight excluding hydrogens is 256 g/mol. The molecule has 0 N–H and O–H groups in total. The van der Waals surface area contributed by atoms with Gasteiger partial charge in [-0.25, -0.2) is 0 Å². The van der Waals surface area contributed by atoms with E-state index in [1.807, 2.05) is 56.3 Å². The topological polar surface area (TPSA) is 17.1 Å². The molecule has 1 aliphatic rings. The van der Waals surface area contributed by atoms with Crippen LogP contribution >= 0.6 is 0 Å². The fourth-order valence-corrected chi connectivity index (χ4v) is 3.02. The third kappa shape index (κ3) is 2.65. The van der Waals surface area contributed by atoms with Crippen LogP contribution in [0.25, 0.3) is 0 Å². The van der Waals surface area contributed by atoms with Crippen LogP contribution in [-0.4, -0.2) is 5.78 Å². The highest BCUT2D eigenvalue weighted by Crippen LogP contribution is 2.37. The average Bonchev–Trinajstić information content (AvgIpc) is 2.46. The number of benzene rings is 2. The normalized spacial score (nSPS) is 15.5. The second kappa shape index (κ2) is 5.48. The molecule has 0 atom stereocenters. The van der Waals surface area contributed by atoms with E-state index in [0.29, 0.717) is 5.92 Å². The first kappa shape index (κ1) is 14.1. The number of carbonyl (C=O) groups excluding carboxylic acids is 1. The molecule has 2 aromatic carbocycles. The summed E-state index contributed by atoms with van der Waals surface area (Å²) in [4.78, 5) is 12.9. The summed E-state index contributed by atoms with van der Waals surface area (Å²) >= 11 is 0. The van der Waals surface area contributed by atoms with Gasteiger partial charge in [0.05, 0.1) is 5.41 Å². The molecule has 2 aromatic rings. The van der Waals surface area contributed by atoms with E-state index >= 15 is 0 Å². The fourth-order valence-electron chi connectivity index (χ4n) is 3.02. The number of carbonyl (C=O) groups is 1. The van der Waals surface area contributed by atoms with E-state index < -0.39 is 5.41 Å². The summed E-state index contributed by atoms with van der Waals surface area (Å²) in [6.07, 6.45) is 3.85. The average molecular weight is 278 g/mol. The third-order valence-corrected chi connectivity index (χ3v) is 4.79. The molecule has 0 amide bonds. The molecule has 1 nitrogen and oxygen atoms in total. The summed E-state index contributed by atoms with van der Waals surface area (Å²) in [7, 11) is 0. The maximum absolute atomic E-state index is 12.9. The lowest BCUT2D eigenvalue weighted by Gasteiger charge is -2.27. The van der Waals surface area contributed by atoms with Crippen LogP contribution in [0.15, 0.2) is 54.6 Å². The van der Waals surface area contributed by atoms with E-state index in [1.54, 1.807) is 0 Å². The molecule has 1 saturated carbocycles. The Morgan fingerprint density at radius 3 is 2.33 bits per heavy atom. The lowest BCUT2D eigenvalue weighted by atomic mass is 9.76. The SMILES string of the molecule is CC(C)(C(=O)c1cccc(C2CCC2)c1)c1ccccc1. The Hall–Kier alpha value is -1.89. The minimum absolute atomic E-state index is 0.204. The van der Waals surface area contributed by atoms with Crippen LogP contribution in [0, 0.1) is 0 Å². The molecule has 0 aliphatic heterocycles. The summed E-state index contributed by atoms with van der Waals surface area (Å²) in [6, 6.07) is 18.3. The third-order valence-electron chi connectivity index (χ3n) is 4.79. The number of hydrogen-bond acceptors (Lipinski definition) is 1. The van der Waals surface area contributed by atoms with Gasteiger partial charge >= 0.3 is 0 Å². The van der Waals surface area contributed by atoms with Gasteiger partial charge in [-0.3, -0.25) is 4.79 Å². The Balaban J connectivity index is 1.91. The van der Waals surface area contributed by atoms with Crippen molar-refractivity contribution in [1.82, 2.24) is 0 Å². The molecule has 1 fully saturated rings. The Morgan fingerprint density at radius 2 is 1.71 bits per heavy atom. The van der Waals surface area contributed by atoms with Crippen LogP contribution in [-0.2, 0) is 5.41 Å². The van der Waals surface area contributed by atoms with E-state index in [2.05, 4.69) is 12.1 Å². The molecule has 108 valence electrons. The molecule has 1 heteroatoms. The summed E-state index contributed by atoms with van der Waals surface area (Å²) < 4.78 is 0. The maximum atomic E-state index is 12.9. The zero-order valence-corrected chi connectivity index (χ0v) is 12.8.